The van der Waals surface area contributed by atoms with Gasteiger partial charge in [-0.1, -0.05) is 60.7 Å². The molecule has 1 saturated heterocycles. The van der Waals surface area contributed by atoms with Gasteiger partial charge in [0.2, 0.25) is 0 Å². The van der Waals surface area contributed by atoms with Gasteiger partial charge >= 0.3 is 5.97 Å². The van der Waals surface area contributed by atoms with Crippen molar-refractivity contribution in [2.45, 2.75) is 24.9 Å². The molecule has 1 amide bonds. The summed E-state index contributed by atoms with van der Waals surface area (Å²) < 4.78 is 5.55. The first kappa shape index (κ1) is 19.7. The Morgan fingerprint density at radius 1 is 0.933 bits per heavy atom. The molecule has 1 heterocycles. The number of carboxylic acid groups (broad SMARTS) is 1. The summed E-state index contributed by atoms with van der Waals surface area (Å²) in [6.45, 7) is 0. The van der Waals surface area contributed by atoms with Gasteiger partial charge in [0.15, 0.2) is 0 Å². The average molecular weight is 401 g/mol. The third-order valence-electron chi connectivity index (χ3n) is 5.62. The molecule has 3 aromatic rings. The molecule has 0 unspecified atom stereocenters. The first-order valence-electron chi connectivity index (χ1n) is 9.94. The molecule has 1 N–H and O–H groups in total. The lowest BCUT2D eigenvalue weighted by molar-refractivity contribution is -0.141. The molecule has 5 heteroatoms. The molecular formula is C25H23NO4. The summed E-state index contributed by atoms with van der Waals surface area (Å²) in [6, 6.07) is 23.6. The van der Waals surface area contributed by atoms with E-state index >= 15 is 0 Å². The van der Waals surface area contributed by atoms with Crippen LogP contribution in [0.1, 0.15) is 34.8 Å². The van der Waals surface area contributed by atoms with Crippen LogP contribution in [0.25, 0.3) is 11.1 Å². The SMILES string of the molecule is COc1cc(C(=O)N2[C@@H](c3ccccc3)CC[C@H]2C(=O)O)ccc1-c1ccccc1. The Morgan fingerprint density at radius 3 is 2.23 bits per heavy atom. The molecule has 0 aromatic heterocycles. The minimum absolute atomic E-state index is 0.264. The Morgan fingerprint density at radius 2 is 1.60 bits per heavy atom. The Balaban J connectivity index is 1.71. The van der Waals surface area contributed by atoms with Crippen molar-refractivity contribution in [3.8, 4) is 16.9 Å². The maximum Gasteiger partial charge on any atom is 0.326 e. The molecule has 5 nitrogen and oxygen atoms in total. The molecule has 0 spiro atoms. The lowest BCUT2D eigenvalue weighted by Crippen LogP contribution is -2.41. The number of nitrogens with zero attached hydrogens (tertiary/aromatic N) is 1. The smallest absolute Gasteiger partial charge is 0.326 e. The molecule has 30 heavy (non-hydrogen) atoms. The van der Waals surface area contributed by atoms with Crippen LogP contribution in [-0.2, 0) is 4.79 Å². The molecule has 152 valence electrons. The highest BCUT2D eigenvalue weighted by atomic mass is 16.5. The molecule has 3 aromatic carbocycles. The molecule has 0 radical (unpaired) electrons. The summed E-state index contributed by atoms with van der Waals surface area (Å²) in [5.41, 5.74) is 3.23. The second kappa shape index (κ2) is 8.41. The molecule has 1 fully saturated rings. The fourth-order valence-electron chi connectivity index (χ4n) is 4.17. The van der Waals surface area contributed by atoms with E-state index in [-0.39, 0.29) is 11.9 Å². The summed E-state index contributed by atoms with van der Waals surface area (Å²) in [7, 11) is 1.57. The largest absolute Gasteiger partial charge is 0.496 e. The van der Waals surface area contributed by atoms with Gasteiger partial charge in [-0.15, -0.1) is 0 Å². The van der Waals surface area contributed by atoms with Gasteiger partial charge in [-0.2, -0.15) is 0 Å². The number of carbonyl (C=O) groups is 2. The third-order valence-corrected chi connectivity index (χ3v) is 5.62. The van der Waals surface area contributed by atoms with Gasteiger partial charge in [-0.3, -0.25) is 4.79 Å². The minimum atomic E-state index is -0.977. The molecule has 2 atom stereocenters. The zero-order valence-corrected chi connectivity index (χ0v) is 16.7. The van der Waals surface area contributed by atoms with Gasteiger partial charge in [0.05, 0.1) is 13.2 Å². The Kier molecular flexibility index (Phi) is 5.53. The Bertz CT molecular complexity index is 1050. The van der Waals surface area contributed by atoms with E-state index < -0.39 is 12.0 Å². The summed E-state index contributed by atoms with van der Waals surface area (Å²) in [6.07, 6.45) is 1.05. The number of likely N-dealkylation sites (tertiary alicyclic amines) is 1. The third kappa shape index (κ3) is 3.66. The highest BCUT2D eigenvalue weighted by Crippen LogP contribution is 2.38. The highest BCUT2D eigenvalue weighted by molar-refractivity contribution is 5.98. The van der Waals surface area contributed by atoms with Crippen LogP contribution in [0, 0.1) is 0 Å². The van der Waals surface area contributed by atoms with Gasteiger partial charge in [0, 0.05) is 11.1 Å². The predicted octanol–water partition coefficient (Wildman–Crippen LogP) is 4.79. The zero-order chi connectivity index (χ0) is 21.1. The topological polar surface area (TPSA) is 66.8 Å². The number of carbonyl (C=O) groups excluding carboxylic acids is 1. The van der Waals surface area contributed by atoms with Gasteiger partial charge in [-0.25, -0.2) is 4.79 Å². The van der Waals surface area contributed by atoms with Crippen LogP contribution >= 0.6 is 0 Å². The van der Waals surface area contributed by atoms with E-state index in [1.165, 1.54) is 4.90 Å². The van der Waals surface area contributed by atoms with Crippen molar-refractivity contribution < 1.29 is 19.4 Å². The van der Waals surface area contributed by atoms with Crippen LogP contribution in [0.3, 0.4) is 0 Å². The Labute approximate surface area is 175 Å². The molecule has 0 bridgehead atoms. The normalized spacial score (nSPS) is 18.2. The number of carboxylic acids is 1. The highest BCUT2D eigenvalue weighted by Gasteiger charge is 2.42. The van der Waals surface area contributed by atoms with E-state index in [9.17, 15) is 14.7 Å². The summed E-state index contributed by atoms with van der Waals surface area (Å²) >= 11 is 0. The second-order valence-corrected chi connectivity index (χ2v) is 7.35. The van der Waals surface area contributed by atoms with E-state index in [1.807, 2.05) is 66.7 Å². The van der Waals surface area contributed by atoms with Crippen molar-refractivity contribution in [1.82, 2.24) is 4.90 Å². The number of amides is 1. The number of methoxy groups -OCH3 is 1. The maximum atomic E-state index is 13.5. The van der Waals surface area contributed by atoms with Gasteiger partial charge < -0.3 is 14.7 Å². The summed E-state index contributed by atoms with van der Waals surface area (Å²) in [5, 5.41) is 9.72. The Hall–Kier alpha value is -3.60. The van der Waals surface area contributed by atoms with Gasteiger partial charge in [0.1, 0.15) is 11.8 Å². The van der Waals surface area contributed by atoms with Crippen molar-refractivity contribution in [1.29, 1.82) is 0 Å². The van der Waals surface area contributed by atoms with E-state index in [2.05, 4.69) is 0 Å². The van der Waals surface area contributed by atoms with Crippen LogP contribution < -0.4 is 4.74 Å². The fourth-order valence-corrected chi connectivity index (χ4v) is 4.17. The van der Waals surface area contributed by atoms with Crippen molar-refractivity contribution >= 4 is 11.9 Å². The molecule has 0 aliphatic carbocycles. The first-order chi connectivity index (χ1) is 14.6. The van der Waals surface area contributed by atoms with Gasteiger partial charge in [0.25, 0.3) is 5.91 Å². The van der Waals surface area contributed by atoms with Crippen molar-refractivity contribution in [3.63, 3.8) is 0 Å². The van der Waals surface area contributed by atoms with Gasteiger partial charge in [-0.05, 0) is 42.2 Å². The van der Waals surface area contributed by atoms with Crippen molar-refractivity contribution in [2.75, 3.05) is 7.11 Å². The zero-order valence-electron chi connectivity index (χ0n) is 16.7. The number of hydrogen-bond acceptors (Lipinski definition) is 3. The number of rotatable bonds is 5. The molecule has 1 aliphatic rings. The first-order valence-corrected chi connectivity index (χ1v) is 9.94. The van der Waals surface area contributed by atoms with Crippen LogP contribution in [-0.4, -0.2) is 35.0 Å². The summed E-state index contributed by atoms with van der Waals surface area (Å²) in [4.78, 5) is 26.8. The van der Waals surface area contributed by atoms with Crippen molar-refractivity contribution in [2.24, 2.45) is 0 Å². The lowest BCUT2D eigenvalue weighted by atomic mass is 10.0. The van der Waals surface area contributed by atoms with E-state index in [4.69, 9.17) is 4.74 Å². The number of aliphatic carboxylic acids is 1. The number of benzene rings is 3. The van der Waals surface area contributed by atoms with E-state index in [0.29, 0.717) is 24.2 Å². The average Bonchev–Trinajstić information content (AvgIpc) is 3.25. The molecule has 4 rings (SSSR count). The predicted molar refractivity (Wildman–Crippen MR) is 114 cm³/mol. The fraction of sp³-hybridized carbons (Fsp3) is 0.200. The van der Waals surface area contributed by atoms with Crippen LogP contribution in [0.15, 0.2) is 78.9 Å². The quantitative estimate of drug-likeness (QED) is 0.667. The minimum Gasteiger partial charge on any atom is -0.496 e. The molecule has 0 saturated carbocycles. The van der Waals surface area contributed by atoms with Crippen LogP contribution in [0.5, 0.6) is 5.75 Å². The monoisotopic (exact) mass is 401 g/mol. The maximum absolute atomic E-state index is 13.5. The molecule has 1 aliphatic heterocycles. The standard InChI is InChI=1S/C25H23NO4/c1-30-23-16-19(12-13-20(23)17-8-4-2-5-9-17)24(27)26-21(14-15-22(26)25(28)29)18-10-6-3-7-11-18/h2-13,16,21-22H,14-15H2,1H3,(H,28,29)/t21-,22+/m1/s1. The van der Waals surface area contributed by atoms with Crippen LogP contribution in [0.4, 0.5) is 0 Å². The second-order valence-electron chi connectivity index (χ2n) is 7.35. The van der Waals surface area contributed by atoms with E-state index in [1.54, 1.807) is 19.2 Å². The van der Waals surface area contributed by atoms with E-state index in [0.717, 1.165) is 16.7 Å². The number of hydrogen-bond donors (Lipinski definition) is 1. The molecular weight excluding hydrogens is 378 g/mol. The lowest BCUT2D eigenvalue weighted by Gasteiger charge is -2.29. The van der Waals surface area contributed by atoms with Crippen LogP contribution in [0.2, 0.25) is 0 Å². The summed E-state index contributed by atoms with van der Waals surface area (Å²) in [5.74, 6) is -0.698. The number of ether oxygens (including phenoxy) is 1. The van der Waals surface area contributed by atoms with Crippen molar-refractivity contribution in [3.05, 3.63) is 90.0 Å².